The highest BCUT2D eigenvalue weighted by Gasteiger charge is 2.19. The van der Waals surface area contributed by atoms with E-state index in [4.69, 9.17) is 14.2 Å². The normalized spacial score (nSPS) is 12.4. The predicted molar refractivity (Wildman–Crippen MR) is 85.6 cm³/mol. The first-order chi connectivity index (χ1) is 10.9. The molecule has 23 heavy (non-hydrogen) atoms. The number of aryl methyl sites for hydroxylation is 1. The van der Waals surface area contributed by atoms with Gasteiger partial charge in [-0.3, -0.25) is 4.18 Å². The minimum atomic E-state index is -3.81. The highest BCUT2D eigenvalue weighted by molar-refractivity contribution is 7.86. The van der Waals surface area contributed by atoms with Gasteiger partial charge in [0.15, 0.2) is 0 Å². The third kappa shape index (κ3) is 4.81. The fraction of sp³-hybridized carbons (Fsp3) is 0.235. The second-order valence-corrected chi connectivity index (χ2v) is 6.69. The monoisotopic (exact) mass is 331 g/mol. The van der Waals surface area contributed by atoms with E-state index >= 15 is 0 Å². The summed E-state index contributed by atoms with van der Waals surface area (Å²) in [5, 5.41) is 8.72. The van der Waals surface area contributed by atoms with Crippen LogP contribution in [-0.4, -0.2) is 21.1 Å². The Kier molecular flexibility index (Phi) is 5.37. The van der Waals surface area contributed by atoms with Crippen LogP contribution in [0.15, 0.2) is 53.4 Å². The van der Waals surface area contributed by atoms with E-state index < -0.39 is 16.2 Å². The molecule has 120 valence electrons. The van der Waals surface area contributed by atoms with E-state index in [1.54, 1.807) is 43.3 Å². The van der Waals surface area contributed by atoms with Crippen LogP contribution in [0.25, 0.3) is 0 Å². The van der Waals surface area contributed by atoms with Gasteiger partial charge in [0.05, 0.1) is 16.5 Å². The number of nitriles is 1. The van der Waals surface area contributed by atoms with Crippen LogP contribution in [-0.2, 0) is 14.3 Å². The largest absolute Gasteiger partial charge is 0.491 e. The van der Waals surface area contributed by atoms with E-state index in [0.717, 1.165) is 5.56 Å². The lowest BCUT2D eigenvalue weighted by atomic mass is 10.2. The van der Waals surface area contributed by atoms with Crippen LogP contribution in [0, 0.1) is 18.3 Å². The van der Waals surface area contributed by atoms with Crippen LogP contribution in [0.4, 0.5) is 0 Å². The van der Waals surface area contributed by atoms with Crippen LogP contribution < -0.4 is 4.74 Å². The molecule has 5 nitrogen and oxygen atoms in total. The number of nitrogens with zero attached hydrogens (tertiary/aromatic N) is 1. The topological polar surface area (TPSA) is 76.4 Å². The maximum atomic E-state index is 12.1. The molecule has 0 saturated heterocycles. The number of hydrogen-bond donors (Lipinski definition) is 0. The minimum Gasteiger partial charge on any atom is -0.491 e. The van der Waals surface area contributed by atoms with Crippen molar-refractivity contribution in [3.8, 4) is 11.8 Å². The van der Waals surface area contributed by atoms with Crippen molar-refractivity contribution in [2.45, 2.75) is 24.8 Å². The maximum Gasteiger partial charge on any atom is 0.297 e. The molecule has 0 saturated carbocycles. The molecule has 0 spiro atoms. The van der Waals surface area contributed by atoms with Gasteiger partial charge in [0.2, 0.25) is 0 Å². The fourth-order valence-corrected chi connectivity index (χ4v) is 2.91. The van der Waals surface area contributed by atoms with E-state index in [1.807, 2.05) is 13.0 Å². The third-order valence-corrected chi connectivity index (χ3v) is 4.50. The average Bonchev–Trinajstić information content (AvgIpc) is 2.53. The van der Waals surface area contributed by atoms with Crippen molar-refractivity contribution in [1.29, 1.82) is 5.26 Å². The second-order valence-electron chi connectivity index (χ2n) is 5.12. The molecule has 0 amide bonds. The SMILES string of the molecule is Cc1ccc(S(=O)(=O)O[C@H](C)COc2ccc(C#N)cc2)cc1. The van der Waals surface area contributed by atoms with Gasteiger partial charge in [-0.15, -0.1) is 0 Å². The molecule has 6 heteroatoms. The Hall–Kier alpha value is -2.36. The number of ether oxygens (including phenoxy) is 1. The van der Waals surface area contributed by atoms with Gasteiger partial charge in [-0.1, -0.05) is 17.7 Å². The van der Waals surface area contributed by atoms with Crippen LogP contribution >= 0.6 is 0 Å². The van der Waals surface area contributed by atoms with E-state index in [2.05, 4.69) is 0 Å². The molecule has 1 atom stereocenters. The van der Waals surface area contributed by atoms with Gasteiger partial charge in [0.1, 0.15) is 18.5 Å². The summed E-state index contributed by atoms with van der Waals surface area (Å²) in [5.74, 6) is 0.548. The molecule has 0 aliphatic heterocycles. The summed E-state index contributed by atoms with van der Waals surface area (Å²) in [6.07, 6.45) is -0.642. The van der Waals surface area contributed by atoms with E-state index in [1.165, 1.54) is 12.1 Å². The second kappa shape index (κ2) is 7.27. The van der Waals surface area contributed by atoms with Crippen molar-refractivity contribution in [3.05, 3.63) is 59.7 Å². The smallest absolute Gasteiger partial charge is 0.297 e. The van der Waals surface area contributed by atoms with E-state index in [9.17, 15) is 8.42 Å². The highest BCUT2D eigenvalue weighted by Crippen LogP contribution is 2.16. The Morgan fingerprint density at radius 2 is 1.70 bits per heavy atom. The maximum absolute atomic E-state index is 12.1. The summed E-state index contributed by atoms with van der Waals surface area (Å²) in [7, 11) is -3.81. The minimum absolute atomic E-state index is 0.0803. The third-order valence-electron chi connectivity index (χ3n) is 3.07. The van der Waals surface area contributed by atoms with Gasteiger partial charge in [-0.05, 0) is 50.2 Å². The lowest BCUT2D eigenvalue weighted by Crippen LogP contribution is -2.22. The van der Waals surface area contributed by atoms with Crippen molar-refractivity contribution in [2.24, 2.45) is 0 Å². The zero-order valence-corrected chi connectivity index (χ0v) is 13.7. The number of benzene rings is 2. The Labute approximate surface area is 136 Å². The molecule has 2 aromatic rings. The quantitative estimate of drug-likeness (QED) is 0.760. The van der Waals surface area contributed by atoms with Gasteiger partial charge in [0, 0.05) is 0 Å². The van der Waals surface area contributed by atoms with Crippen molar-refractivity contribution in [2.75, 3.05) is 6.61 Å². The molecule has 0 bridgehead atoms. The average molecular weight is 331 g/mol. The van der Waals surface area contributed by atoms with Crippen molar-refractivity contribution in [1.82, 2.24) is 0 Å². The fourth-order valence-electron chi connectivity index (χ4n) is 1.84. The summed E-state index contributed by atoms with van der Waals surface area (Å²) >= 11 is 0. The Morgan fingerprint density at radius 1 is 1.09 bits per heavy atom. The predicted octanol–water partition coefficient (Wildman–Crippen LogP) is 3.04. The summed E-state index contributed by atoms with van der Waals surface area (Å²) in [6, 6.07) is 15.0. The van der Waals surface area contributed by atoms with Crippen LogP contribution in [0.2, 0.25) is 0 Å². The molecule has 0 aliphatic rings. The van der Waals surface area contributed by atoms with Crippen LogP contribution in [0.1, 0.15) is 18.1 Å². The zero-order chi connectivity index (χ0) is 16.9. The van der Waals surface area contributed by atoms with Crippen molar-refractivity contribution >= 4 is 10.1 Å². The standard InChI is InChI=1S/C17H17NO4S/c1-13-3-9-17(10-4-13)23(19,20)22-14(2)12-21-16-7-5-15(11-18)6-8-16/h3-10,14H,12H2,1-2H3/t14-/m1/s1. The lowest BCUT2D eigenvalue weighted by molar-refractivity contribution is 0.149. The van der Waals surface area contributed by atoms with E-state index in [-0.39, 0.29) is 11.5 Å². The summed E-state index contributed by atoms with van der Waals surface area (Å²) in [4.78, 5) is 0.119. The van der Waals surface area contributed by atoms with Crippen molar-refractivity contribution < 1.29 is 17.3 Å². The molecule has 0 radical (unpaired) electrons. The lowest BCUT2D eigenvalue weighted by Gasteiger charge is -2.14. The first-order valence-electron chi connectivity index (χ1n) is 7.03. The zero-order valence-electron chi connectivity index (χ0n) is 12.9. The van der Waals surface area contributed by atoms with Crippen LogP contribution in [0.5, 0.6) is 5.75 Å². The first-order valence-corrected chi connectivity index (χ1v) is 8.44. The van der Waals surface area contributed by atoms with Gasteiger partial charge >= 0.3 is 0 Å². The number of hydrogen-bond acceptors (Lipinski definition) is 5. The Bertz CT molecular complexity index is 790. The van der Waals surface area contributed by atoms with Gasteiger partial charge < -0.3 is 4.74 Å². The molecule has 0 aromatic heterocycles. The van der Waals surface area contributed by atoms with E-state index in [0.29, 0.717) is 11.3 Å². The summed E-state index contributed by atoms with van der Waals surface area (Å²) in [5.41, 5.74) is 1.50. The van der Waals surface area contributed by atoms with Crippen LogP contribution in [0.3, 0.4) is 0 Å². The molecular weight excluding hydrogens is 314 g/mol. The Balaban J connectivity index is 1.94. The summed E-state index contributed by atoms with van der Waals surface area (Å²) < 4.78 is 34.9. The molecule has 2 rings (SSSR count). The molecule has 0 fully saturated rings. The molecular formula is C17H17NO4S. The van der Waals surface area contributed by atoms with Gasteiger partial charge in [-0.25, -0.2) is 0 Å². The molecule has 0 unspecified atom stereocenters. The molecule has 2 aromatic carbocycles. The number of rotatable bonds is 6. The van der Waals surface area contributed by atoms with Gasteiger partial charge in [0.25, 0.3) is 10.1 Å². The molecule has 0 aliphatic carbocycles. The Morgan fingerprint density at radius 3 is 2.26 bits per heavy atom. The summed E-state index contributed by atoms with van der Waals surface area (Å²) in [6.45, 7) is 3.58. The van der Waals surface area contributed by atoms with Gasteiger partial charge in [-0.2, -0.15) is 13.7 Å². The molecule has 0 N–H and O–H groups in total. The van der Waals surface area contributed by atoms with Crippen molar-refractivity contribution in [3.63, 3.8) is 0 Å². The molecule has 0 heterocycles. The first kappa shape index (κ1) is 17.0. The highest BCUT2D eigenvalue weighted by atomic mass is 32.2.